The van der Waals surface area contributed by atoms with Crippen molar-refractivity contribution in [2.75, 3.05) is 5.75 Å². The number of nitrogens with one attached hydrogen (secondary N) is 1. The predicted octanol–water partition coefficient (Wildman–Crippen LogP) is 5.14. The molecule has 2 N–H and O–H groups in total. The first-order chi connectivity index (χ1) is 14.1. The van der Waals surface area contributed by atoms with Crippen LogP contribution in [-0.4, -0.2) is 33.8 Å². The number of rotatable bonds is 8. The Morgan fingerprint density at radius 3 is 2.72 bits per heavy atom. The predicted molar refractivity (Wildman–Crippen MR) is 113 cm³/mol. The Morgan fingerprint density at radius 1 is 1.21 bits per heavy atom. The molecule has 0 aliphatic heterocycles. The molecule has 7 heteroatoms. The number of hydrogen-bond donors (Lipinski definition) is 2. The van der Waals surface area contributed by atoms with Crippen molar-refractivity contribution < 1.29 is 19.4 Å². The standard InChI is InChI=1S/C22H26N2O4S/c1-2-13-29-21-18(20(25)23-16-8-4-3-5-9-16)11-12-19(24-21)28-17-10-6-7-15(14-17)22(26)27/h6-7,10-12,14,16H,2-5,8-9,13H2,1H3,(H,23,25)(H,26,27). The first-order valence-corrected chi connectivity index (χ1v) is 11.0. The molecular formula is C22H26N2O4S. The van der Waals surface area contributed by atoms with E-state index in [9.17, 15) is 9.59 Å². The first kappa shape index (κ1) is 21.2. The first-order valence-electron chi connectivity index (χ1n) is 10.0. The zero-order chi connectivity index (χ0) is 20.6. The molecule has 0 spiro atoms. The van der Waals surface area contributed by atoms with E-state index in [0.717, 1.165) is 37.9 Å². The van der Waals surface area contributed by atoms with Gasteiger partial charge < -0.3 is 15.2 Å². The van der Waals surface area contributed by atoms with E-state index in [4.69, 9.17) is 9.84 Å². The minimum absolute atomic E-state index is 0.0950. The minimum atomic E-state index is -1.02. The lowest BCUT2D eigenvalue weighted by molar-refractivity contribution is 0.0696. The van der Waals surface area contributed by atoms with Crippen LogP contribution >= 0.6 is 11.8 Å². The number of benzene rings is 1. The van der Waals surface area contributed by atoms with Crippen molar-refractivity contribution in [2.24, 2.45) is 0 Å². The molecule has 1 aliphatic rings. The monoisotopic (exact) mass is 414 g/mol. The van der Waals surface area contributed by atoms with Crippen LogP contribution in [0.25, 0.3) is 0 Å². The third-order valence-corrected chi connectivity index (χ3v) is 5.96. The second-order valence-corrected chi connectivity index (χ2v) is 8.18. The highest BCUT2D eigenvalue weighted by molar-refractivity contribution is 7.99. The normalized spacial score (nSPS) is 14.4. The highest BCUT2D eigenvalue weighted by atomic mass is 32.2. The molecule has 0 radical (unpaired) electrons. The van der Waals surface area contributed by atoms with Crippen molar-refractivity contribution in [1.82, 2.24) is 10.3 Å². The Bertz CT molecular complexity index is 866. The van der Waals surface area contributed by atoms with Crippen LogP contribution in [0.1, 0.15) is 66.2 Å². The van der Waals surface area contributed by atoms with Crippen molar-refractivity contribution >= 4 is 23.6 Å². The summed E-state index contributed by atoms with van der Waals surface area (Å²) in [7, 11) is 0. The fourth-order valence-corrected chi connectivity index (χ4v) is 4.15. The van der Waals surface area contributed by atoms with Crippen molar-refractivity contribution in [3.8, 4) is 11.6 Å². The Hall–Kier alpha value is -2.54. The second-order valence-electron chi connectivity index (χ2n) is 7.09. The third-order valence-electron chi connectivity index (χ3n) is 4.77. The molecule has 0 saturated heterocycles. The van der Waals surface area contributed by atoms with E-state index in [1.54, 1.807) is 24.3 Å². The van der Waals surface area contributed by atoms with Gasteiger partial charge in [-0.05, 0) is 49.3 Å². The van der Waals surface area contributed by atoms with Gasteiger partial charge in [-0.15, -0.1) is 11.8 Å². The molecule has 1 saturated carbocycles. The summed E-state index contributed by atoms with van der Waals surface area (Å²) in [6, 6.07) is 9.87. The van der Waals surface area contributed by atoms with Crippen LogP contribution in [0.4, 0.5) is 0 Å². The van der Waals surface area contributed by atoms with E-state index >= 15 is 0 Å². The van der Waals surface area contributed by atoms with Crippen LogP contribution in [0.5, 0.6) is 11.6 Å². The van der Waals surface area contributed by atoms with Crippen LogP contribution in [0.15, 0.2) is 41.4 Å². The smallest absolute Gasteiger partial charge is 0.335 e. The number of carboxylic acid groups (broad SMARTS) is 1. The molecule has 1 amide bonds. The molecular weight excluding hydrogens is 388 g/mol. The van der Waals surface area contributed by atoms with E-state index in [0.29, 0.717) is 22.2 Å². The Balaban J connectivity index is 1.78. The van der Waals surface area contributed by atoms with Gasteiger partial charge in [-0.25, -0.2) is 9.78 Å². The number of carbonyl (C=O) groups excluding carboxylic acids is 1. The van der Waals surface area contributed by atoms with Crippen LogP contribution in [0, 0.1) is 0 Å². The fraction of sp³-hybridized carbons (Fsp3) is 0.409. The number of nitrogens with zero attached hydrogens (tertiary/aromatic N) is 1. The minimum Gasteiger partial charge on any atom is -0.478 e. The van der Waals surface area contributed by atoms with E-state index in [1.807, 2.05) is 0 Å². The molecule has 0 bridgehead atoms. The second kappa shape index (κ2) is 10.3. The average Bonchev–Trinajstić information content (AvgIpc) is 2.73. The van der Waals surface area contributed by atoms with Crippen molar-refractivity contribution in [1.29, 1.82) is 0 Å². The molecule has 1 fully saturated rings. The molecule has 1 aromatic carbocycles. The summed E-state index contributed by atoms with van der Waals surface area (Å²) in [6.07, 6.45) is 6.56. The van der Waals surface area contributed by atoms with Gasteiger partial charge in [0.15, 0.2) is 0 Å². The SMILES string of the molecule is CCCSc1nc(Oc2cccc(C(=O)O)c2)ccc1C(=O)NC1CCCCC1. The van der Waals surface area contributed by atoms with Gasteiger partial charge in [-0.3, -0.25) is 4.79 Å². The molecule has 1 aromatic heterocycles. The van der Waals surface area contributed by atoms with Gasteiger partial charge >= 0.3 is 5.97 Å². The molecule has 1 aliphatic carbocycles. The van der Waals surface area contributed by atoms with E-state index in [2.05, 4.69) is 17.2 Å². The summed E-state index contributed by atoms with van der Waals surface area (Å²) in [5.41, 5.74) is 0.701. The van der Waals surface area contributed by atoms with E-state index in [1.165, 1.54) is 30.3 Å². The average molecular weight is 415 g/mol. The molecule has 1 heterocycles. The molecule has 29 heavy (non-hydrogen) atoms. The maximum Gasteiger partial charge on any atom is 0.335 e. The van der Waals surface area contributed by atoms with Gasteiger partial charge in [0.1, 0.15) is 10.8 Å². The number of thioether (sulfide) groups is 1. The lowest BCUT2D eigenvalue weighted by Crippen LogP contribution is -2.36. The summed E-state index contributed by atoms with van der Waals surface area (Å²) in [5.74, 6) is 0.456. The summed E-state index contributed by atoms with van der Waals surface area (Å²) in [5, 5.41) is 12.9. The number of ether oxygens (including phenoxy) is 1. The van der Waals surface area contributed by atoms with Crippen molar-refractivity contribution in [3.63, 3.8) is 0 Å². The van der Waals surface area contributed by atoms with Gasteiger partial charge in [0, 0.05) is 12.1 Å². The van der Waals surface area contributed by atoms with Crippen LogP contribution in [0.2, 0.25) is 0 Å². The van der Waals surface area contributed by atoms with Crippen LogP contribution in [0.3, 0.4) is 0 Å². The highest BCUT2D eigenvalue weighted by Gasteiger charge is 2.20. The summed E-state index contributed by atoms with van der Waals surface area (Å²) in [4.78, 5) is 28.5. The third kappa shape index (κ3) is 5.97. The molecule has 154 valence electrons. The van der Waals surface area contributed by atoms with Gasteiger partial charge in [0.25, 0.3) is 5.91 Å². The summed E-state index contributed by atoms with van der Waals surface area (Å²) >= 11 is 1.52. The molecule has 3 rings (SSSR count). The number of hydrogen-bond acceptors (Lipinski definition) is 5. The van der Waals surface area contributed by atoms with E-state index < -0.39 is 5.97 Å². The number of aromatic nitrogens is 1. The maximum atomic E-state index is 12.8. The largest absolute Gasteiger partial charge is 0.478 e. The zero-order valence-corrected chi connectivity index (χ0v) is 17.3. The van der Waals surface area contributed by atoms with Crippen LogP contribution < -0.4 is 10.1 Å². The van der Waals surface area contributed by atoms with Gasteiger partial charge in [-0.1, -0.05) is 32.3 Å². The summed E-state index contributed by atoms with van der Waals surface area (Å²) in [6.45, 7) is 2.08. The quantitative estimate of drug-likeness (QED) is 0.582. The Morgan fingerprint density at radius 2 is 2.00 bits per heavy atom. The van der Waals surface area contributed by atoms with Crippen molar-refractivity contribution in [2.45, 2.75) is 56.5 Å². The van der Waals surface area contributed by atoms with E-state index in [-0.39, 0.29) is 17.5 Å². The van der Waals surface area contributed by atoms with Gasteiger partial charge in [0.05, 0.1) is 11.1 Å². The molecule has 0 atom stereocenters. The van der Waals surface area contributed by atoms with Crippen molar-refractivity contribution in [3.05, 3.63) is 47.5 Å². The summed E-state index contributed by atoms with van der Waals surface area (Å²) < 4.78 is 5.76. The lowest BCUT2D eigenvalue weighted by atomic mass is 9.95. The van der Waals surface area contributed by atoms with Gasteiger partial charge in [0.2, 0.25) is 5.88 Å². The zero-order valence-electron chi connectivity index (χ0n) is 16.5. The molecule has 6 nitrogen and oxygen atoms in total. The topological polar surface area (TPSA) is 88.5 Å². The lowest BCUT2D eigenvalue weighted by Gasteiger charge is -2.23. The number of carbonyl (C=O) groups is 2. The Labute approximate surface area is 175 Å². The fourth-order valence-electron chi connectivity index (χ4n) is 3.29. The molecule has 0 unspecified atom stereocenters. The number of pyridine rings is 1. The molecule has 2 aromatic rings. The number of amides is 1. The van der Waals surface area contributed by atoms with Gasteiger partial charge in [-0.2, -0.15) is 0 Å². The number of carboxylic acids is 1. The van der Waals surface area contributed by atoms with Crippen LogP contribution in [-0.2, 0) is 0 Å². The highest BCUT2D eigenvalue weighted by Crippen LogP contribution is 2.28. The Kier molecular flexibility index (Phi) is 7.52. The number of aromatic carboxylic acids is 1. The maximum absolute atomic E-state index is 12.8.